The van der Waals surface area contributed by atoms with E-state index in [0.717, 1.165) is 5.56 Å². The van der Waals surface area contributed by atoms with Crippen LogP contribution in [-0.2, 0) is 0 Å². The van der Waals surface area contributed by atoms with Crippen LogP contribution in [0.1, 0.15) is 15.9 Å². The van der Waals surface area contributed by atoms with Crippen molar-refractivity contribution in [3.63, 3.8) is 0 Å². The van der Waals surface area contributed by atoms with Gasteiger partial charge in [-0.15, -0.1) is 0 Å². The second-order valence-corrected chi connectivity index (χ2v) is 5.43. The first-order chi connectivity index (χ1) is 11.2. The van der Waals surface area contributed by atoms with E-state index in [-0.39, 0.29) is 5.78 Å². The fourth-order valence-electron chi connectivity index (χ4n) is 2.20. The van der Waals surface area contributed by atoms with Crippen LogP contribution in [0.4, 0.5) is 0 Å². The Morgan fingerprint density at radius 3 is 2.48 bits per heavy atom. The lowest BCUT2D eigenvalue weighted by molar-refractivity contribution is 0.104. The molecule has 1 heterocycles. The molecule has 1 aliphatic rings. The standard InChI is InChI=1S/C19H15ClO3/c20-16(12-14-4-2-1-3-5-14)7-8-17(21)15-6-9-18-19(13-15)23-11-10-22-18/h1-9,12-13H,10-11H2/b8-7+,16-12-. The molecule has 116 valence electrons. The maximum atomic E-state index is 12.2. The predicted octanol–water partition coefficient (Wildman–Crippen LogP) is 4.48. The van der Waals surface area contributed by atoms with E-state index in [9.17, 15) is 4.79 Å². The van der Waals surface area contributed by atoms with Gasteiger partial charge in [-0.05, 0) is 42.0 Å². The number of ether oxygens (including phenoxy) is 2. The van der Waals surface area contributed by atoms with E-state index < -0.39 is 0 Å². The Labute approximate surface area is 139 Å². The molecule has 0 unspecified atom stereocenters. The zero-order valence-corrected chi connectivity index (χ0v) is 13.1. The number of halogens is 1. The highest BCUT2D eigenvalue weighted by atomic mass is 35.5. The molecule has 2 aromatic carbocycles. The smallest absolute Gasteiger partial charge is 0.186 e. The van der Waals surface area contributed by atoms with Gasteiger partial charge in [0.1, 0.15) is 13.2 Å². The zero-order valence-electron chi connectivity index (χ0n) is 12.4. The molecule has 4 heteroatoms. The van der Waals surface area contributed by atoms with Gasteiger partial charge in [0.15, 0.2) is 17.3 Å². The first kappa shape index (κ1) is 15.4. The minimum Gasteiger partial charge on any atom is -0.486 e. The summed E-state index contributed by atoms with van der Waals surface area (Å²) in [5.74, 6) is 1.13. The number of allylic oxidation sites excluding steroid dienone is 3. The molecule has 0 aromatic heterocycles. The quantitative estimate of drug-likeness (QED) is 0.472. The van der Waals surface area contributed by atoms with Crippen molar-refractivity contribution >= 4 is 23.5 Å². The van der Waals surface area contributed by atoms with Gasteiger partial charge in [-0.2, -0.15) is 0 Å². The van der Waals surface area contributed by atoms with E-state index in [4.69, 9.17) is 21.1 Å². The molecule has 3 nitrogen and oxygen atoms in total. The predicted molar refractivity (Wildman–Crippen MR) is 91.2 cm³/mol. The highest BCUT2D eigenvalue weighted by molar-refractivity contribution is 6.33. The monoisotopic (exact) mass is 326 g/mol. The van der Waals surface area contributed by atoms with Gasteiger partial charge in [-0.3, -0.25) is 4.79 Å². The van der Waals surface area contributed by atoms with Gasteiger partial charge in [0.25, 0.3) is 0 Å². The van der Waals surface area contributed by atoms with Gasteiger partial charge >= 0.3 is 0 Å². The molecule has 0 saturated carbocycles. The number of fused-ring (bicyclic) bond motifs is 1. The Kier molecular flexibility index (Phi) is 4.79. The lowest BCUT2D eigenvalue weighted by atomic mass is 10.1. The minimum absolute atomic E-state index is 0.137. The molecule has 1 aliphatic heterocycles. The normalized spacial score (nSPS) is 14.0. The van der Waals surface area contributed by atoms with Gasteiger partial charge in [0.2, 0.25) is 0 Å². The molecule has 23 heavy (non-hydrogen) atoms. The summed E-state index contributed by atoms with van der Waals surface area (Å²) >= 11 is 6.14. The van der Waals surface area contributed by atoms with Crippen LogP contribution < -0.4 is 9.47 Å². The molecule has 0 bridgehead atoms. The molecule has 0 N–H and O–H groups in total. The topological polar surface area (TPSA) is 35.5 Å². The van der Waals surface area contributed by atoms with Crippen molar-refractivity contribution in [3.05, 3.63) is 76.8 Å². The maximum absolute atomic E-state index is 12.2. The molecule has 0 spiro atoms. The molecular weight excluding hydrogens is 312 g/mol. The first-order valence-corrected chi connectivity index (χ1v) is 7.64. The van der Waals surface area contributed by atoms with E-state index in [2.05, 4.69) is 0 Å². The zero-order chi connectivity index (χ0) is 16.1. The molecule has 0 amide bonds. The van der Waals surface area contributed by atoms with Crippen LogP contribution >= 0.6 is 11.6 Å². The van der Waals surface area contributed by atoms with Gasteiger partial charge in [-0.1, -0.05) is 41.9 Å². The van der Waals surface area contributed by atoms with E-state index in [1.165, 1.54) is 6.08 Å². The Morgan fingerprint density at radius 1 is 0.957 bits per heavy atom. The molecule has 2 aromatic rings. The second kappa shape index (κ2) is 7.16. The summed E-state index contributed by atoms with van der Waals surface area (Å²) in [5.41, 5.74) is 1.52. The summed E-state index contributed by atoms with van der Waals surface area (Å²) < 4.78 is 10.9. The molecule has 0 atom stereocenters. The number of ketones is 1. The number of carbonyl (C=O) groups is 1. The van der Waals surface area contributed by atoms with Crippen LogP contribution in [0.3, 0.4) is 0 Å². The van der Waals surface area contributed by atoms with Gasteiger partial charge < -0.3 is 9.47 Å². The molecule has 0 aliphatic carbocycles. The molecule has 0 saturated heterocycles. The van der Waals surface area contributed by atoms with Crippen molar-refractivity contribution in [2.75, 3.05) is 13.2 Å². The van der Waals surface area contributed by atoms with E-state index in [1.807, 2.05) is 30.3 Å². The summed E-state index contributed by atoms with van der Waals surface area (Å²) in [5, 5.41) is 0.488. The van der Waals surface area contributed by atoms with Crippen LogP contribution in [-0.4, -0.2) is 19.0 Å². The summed E-state index contributed by atoms with van der Waals surface area (Å²) in [6.45, 7) is 1.02. The minimum atomic E-state index is -0.137. The van der Waals surface area contributed by atoms with Crippen molar-refractivity contribution in [2.45, 2.75) is 0 Å². The first-order valence-electron chi connectivity index (χ1n) is 7.27. The van der Waals surface area contributed by atoms with E-state index >= 15 is 0 Å². The number of carbonyl (C=O) groups excluding carboxylic acids is 1. The van der Waals surface area contributed by atoms with Crippen molar-refractivity contribution < 1.29 is 14.3 Å². The number of rotatable bonds is 4. The number of benzene rings is 2. The van der Waals surface area contributed by atoms with Crippen LogP contribution in [0.2, 0.25) is 0 Å². The summed E-state index contributed by atoms with van der Waals surface area (Å²) in [6.07, 6.45) is 4.84. The van der Waals surface area contributed by atoms with Crippen molar-refractivity contribution in [3.8, 4) is 11.5 Å². The van der Waals surface area contributed by atoms with Gasteiger partial charge in [0.05, 0.1) is 0 Å². The summed E-state index contributed by atoms with van der Waals surface area (Å²) in [4.78, 5) is 12.2. The fraction of sp³-hybridized carbons (Fsp3) is 0.105. The average molecular weight is 327 g/mol. The highest BCUT2D eigenvalue weighted by Crippen LogP contribution is 2.31. The summed E-state index contributed by atoms with van der Waals surface area (Å²) in [7, 11) is 0. The van der Waals surface area contributed by atoms with Crippen LogP contribution in [0.25, 0.3) is 6.08 Å². The highest BCUT2D eigenvalue weighted by Gasteiger charge is 2.13. The third-order valence-electron chi connectivity index (χ3n) is 3.32. The third kappa shape index (κ3) is 4.02. The Hall–Kier alpha value is -2.52. The third-order valence-corrected chi connectivity index (χ3v) is 3.56. The lowest BCUT2D eigenvalue weighted by Gasteiger charge is -2.18. The maximum Gasteiger partial charge on any atom is 0.186 e. The molecule has 0 fully saturated rings. The average Bonchev–Trinajstić information content (AvgIpc) is 2.60. The Balaban J connectivity index is 1.72. The van der Waals surface area contributed by atoms with Crippen LogP contribution in [0.5, 0.6) is 11.5 Å². The fourth-order valence-corrected chi connectivity index (χ4v) is 2.39. The Morgan fingerprint density at radius 2 is 1.70 bits per heavy atom. The lowest BCUT2D eigenvalue weighted by Crippen LogP contribution is -2.15. The van der Waals surface area contributed by atoms with Crippen LogP contribution in [0.15, 0.2) is 65.7 Å². The van der Waals surface area contributed by atoms with Crippen molar-refractivity contribution in [1.29, 1.82) is 0 Å². The summed E-state index contributed by atoms with van der Waals surface area (Å²) in [6, 6.07) is 14.8. The van der Waals surface area contributed by atoms with Crippen molar-refractivity contribution in [2.24, 2.45) is 0 Å². The Bertz CT molecular complexity index is 763. The number of hydrogen-bond donors (Lipinski definition) is 0. The molecule has 0 radical (unpaired) electrons. The van der Waals surface area contributed by atoms with E-state index in [1.54, 1.807) is 30.4 Å². The largest absolute Gasteiger partial charge is 0.486 e. The second-order valence-electron chi connectivity index (χ2n) is 5.00. The van der Waals surface area contributed by atoms with Crippen LogP contribution in [0, 0.1) is 0 Å². The SMILES string of the molecule is O=C(/C=C/C(Cl)=C/c1ccccc1)c1ccc2c(c1)OCCO2. The van der Waals surface area contributed by atoms with Gasteiger partial charge in [0, 0.05) is 10.6 Å². The van der Waals surface area contributed by atoms with E-state index in [0.29, 0.717) is 35.3 Å². The molecule has 3 rings (SSSR count). The van der Waals surface area contributed by atoms with Gasteiger partial charge in [-0.25, -0.2) is 0 Å². The number of hydrogen-bond acceptors (Lipinski definition) is 3. The molecular formula is C19H15ClO3. The van der Waals surface area contributed by atoms with Crippen molar-refractivity contribution in [1.82, 2.24) is 0 Å².